The van der Waals surface area contributed by atoms with E-state index in [2.05, 4.69) is 30.8 Å². The summed E-state index contributed by atoms with van der Waals surface area (Å²) in [5.41, 5.74) is 0.626. The van der Waals surface area contributed by atoms with Gasteiger partial charge in [0.2, 0.25) is 0 Å². The molecular weight excluding hydrogens is 350 g/mol. The maximum Gasteiger partial charge on any atom is 0.276 e. The van der Waals surface area contributed by atoms with Crippen molar-refractivity contribution in [3.63, 3.8) is 0 Å². The molecular formula is C11H10BrN3O2S2. The zero-order valence-corrected chi connectivity index (χ0v) is 13.1. The van der Waals surface area contributed by atoms with Crippen LogP contribution in [0.5, 0.6) is 0 Å². The minimum atomic E-state index is -3.63. The number of benzene rings is 1. The van der Waals surface area contributed by atoms with Gasteiger partial charge in [0.05, 0.1) is 21.8 Å². The number of aryl methyl sites for hydroxylation is 1. The van der Waals surface area contributed by atoms with E-state index in [0.717, 1.165) is 9.48 Å². The third-order valence-electron chi connectivity index (χ3n) is 2.13. The SMILES string of the molecule is Cc1nc(/C=N\NS(=O)(=O)c2ccc(Br)cc2)cs1. The van der Waals surface area contributed by atoms with E-state index in [0.29, 0.717) is 5.69 Å². The lowest BCUT2D eigenvalue weighted by atomic mass is 10.4. The van der Waals surface area contributed by atoms with E-state index in [1.165, 1.54) is 29.7 Å². The Bertz CT molecular complexity index is 693. The lowest BCUT2D eigenvalue weighted by Gasteiger charge is -2.02. The smallest absolute Gasteiger partial charge is 0.240 e. The molecule has 1 aromatic heterocycles. The first-order chi connectivity index (χ1) is 8.97. The van der Waals surface area contributed by atoms with Crippen molar-refractivity contribution in [1.29, 1.82) is 0 Å². The van der Waals surface area contributed by atoms with E-state index >= 15 is 0 Å². The average molecular weight is 360 g/mol. The van der Waals surface area contributed by atoms with Crippen LogP contribution in [0.1, 0.15) is 10.7 Å². The second-order valence-electron chi connectivity index (χ2n) is 3.60. The standard InChI is InChI=1S/C11H10BrN3O2S2/c1-8-14-10(7-18-8)6-13-15-19(16,17)11-4-2-9(12)3-5-11/h2-7,15H,1H3/b13-6-. The number of hydrazone groups is 1. The Morgan fingerprint density at radius 1 is 1.37 bits per heavy atom. The Labute approximate surface area is 123 Å². The summed E-state index contributed by atoms with van der Waals surface area (Å²) in [6, 6.07) is 6.30. The van der Waals surface area contributed by atoms with Crippen LogP contribution in [0.2, 0.25) is 0 Å². The van der Waals surface area contributed by atoms with Gasteiger partial charge in [-0.2, -0.15) is 13.5 Å². The quantitative estimate of drug-likeness (QED) is 0.673. The highest BCUT2D eigenvalue weighted by atomic mass is 79.9. The second kappa shape index (κ2) is 5.81. The highest BCUT2D eigenvalue weighted by Crippen LogP contribution is 2.14. The maximum absolute atomic E-state index is 11.9. The lowest BCUT2D eigenvalue weighted by molar-refractivity contribution is 0.584. The minimum absolute atomic E-state index is 0.155. The van der Waals surface area contributed by atoms with Crippen molar-refractivity contribution < 1.29 is 8.42 Å². The molecule has 8 heteroatoms. The highest BCUT2D eigenvalue weighted by molar-refractivity contribution is 9.10. The van der Waals surface area contributed by atoms with E-state index in [1.54, 1.807) is 17.5 Å². The number of aromatic nitrogens is 1. The Morgan fingerprint density at radius 3 is 2.63 bits per heavy atom. The fourth-order valence-electron chi connectivity index (χ4n) is 1.27. The molecule has 0 aliphatic heterocycles. The fourth-order valence-corrected chi connectivity index (χ4v) is 2.89. The predicted octanol–water partition coefficient (Wildman–Crippen LogP) is 2.53. The first-order valence-corrected chi connectivity index (χ1v) is 8.35. The van der Waals surface area contributed by atoms with Crippen LogP contribution in [-0.4, -0.2) is 19.6 Å². The van der Waals surface area contributed by atoms with Gasteiger partial charge < -0.3 is 0 Å². The van der Waals surface area contributed by atoms with E-state index < -0.39 is 10.0 Å². The molecule has 1 N–H and O–H groups in total. The van der Waals surface area contributed by atoms with Crippen LogP contribution in [0, 0.1) is 6.92 Å². The molecule has 100 valence electrons. The monoisotopic (exact) mass is 359 g/mol. The van der Waals surface area contributed by atoms with Crippen molar-refractivity contribution in [3.05, 3.63) is 44.8 Å². The highest BCUT2D eigenvalue weighted by Gasteiger charge is 2.11. The molecule has 0 saturated carbocycles. The lowest BCUT2D eigenvalue weighted by Crippen LogP contribution is -2.18. The zero-order chi connectivity index (χ0) is 13.9. The number of sulfonamides is 1. The number of hydrogen-bond donors (Lipinski definition) is 1. The third-order valence-corrected chi connectivity index (χ3v) is 4.69. The molecule has 0 aliphatic rings. The molecule has 0 radical (unpaired) electrons. The van der Waals surface area contributed by atoms with Crippen LogP contribution in [0.25, 0.3) is 0 Å². The van der Waals surface area contributed by atoms with Crippen molar-refractivity contribution >= 4 is 43.5 Å². The summed E-state index contributed by atoms with van der Waals surface area (Å²) in [4.78, 5) is 6.44. The van der Waals surface area contributed by atoms with Gasteiger partial charge in [-0.1, -0.05) is 15.9 Å². The van der Waals surface area contributed by atoms with Crippen LogP contribution in [0.4, 0.5) is 0 Å². The Hall–Kier alpha value is -1.25. The number of halogens is 1. The zero-order valence-electron chi connectivity index (χ0n) is 9.87. The summed E-state index contributed by atoms with van der Waals surface area (Å²) in [6.07, 6.45) is 1.37. The molecule has 0 spiro atoms. The molecule has 2 aromatic rings. The summed E-state index contributed by atoms with van der Waals surface area (Å²) in [5, 5.41) is 6.39. The number of nitrogens with zero attached hydrogens (tertiary/aromatic N) is 2. The molecule has 19 heavy (non-hydrogen) atoms. The van der Waals surface area contributed by atoms with Gasteiger partial charge in [-0.05, 0) is 31.2 Å². The Kier molecular flexibility index (Phi) is 4.33. The van der Waals surface area contributed by atoms with Crippen LogP contribution >= 0.6 is 27.3 Å². The summed E-state index contributed by atoms with van der Waals surface area (Å²) in [6.45, 7) is 1.87. The third kappa shape index (κ3) is 3.85. The minimum Gasteiger partial charge on any atom is -0.240 e. The molecule has 1 aromatic carbocycles. The second-order valence-corrected chi connectivity index (χ2v) is 7.24. The van der Waals surface area contributed by atoms with E-state index in [4.69, 9.17) is 0 Å². The number of thiazole rings is 1. The normalized spacial score (nSPS) is 11.9. The number of nitrogens with one attached hydrogen (secondary N) is 1. The van der Waals surface area contributed by atoms with Gasteiger partial charge in [0.15, 0.2) is 0 Å². The molecule has 0 saturated heterocycles. The molecule has 0 atom stereocenters. The molecule has 0 fully saturated rings. The molecule has 0 bridgehead atoms. The van der Waals surface area contributed by atoms with Gasteiger partial charge in [-0.15, -0.1) is 11.3 Å². The molecule has 2 rings (SSSR count). The van der Waals surface area contributed by atoms with Crippen LogP contribution in [0.15, 0.2) is 44.1 Å². The Morgan fingerprint density at radius 2 is 2.05 bits per heavy atom. The van der Waals surface area contributed by atoms with Crippen LogP contribution in [0.3, 0.4) is 0 Å². The molecule has 5 nitrogen and oxygen atoms in total. The van der Waals surface area contributed by atoms with Gasteiger partial charge >= 0.3 is 0 Å². The van der Waals surface area contributed by atoms with Crippen molar-refractivity contribution in [2.45, 2.75) is 11.8 Å². The van der Waals surface area contributed by atoms with Crippen molar-refractivity contribution in [3.8, 4) is 0 Å². The number of rotatable bonds is 4. The van der Waals surface area contributed by atoms with Crippen molar-refractivity contribution in [2.24, 2.45) is 5.10 Å². The fraction of sp³-hybridized carbons (Fsp3) is 0.0909. The van der Waals surface area contributed by atoms with Gasteiger partial charge in [0, 0.05) is 9.85 Å². The van der Waals surface area contributed by atoms with Gasteiger partial charge in [0.1, 0.15) is 0 Å². The molecule has 0 unspecified atom stereocenters. The van der Waals surface area contributed by atoms with E-state index in [1.807, 2.05) is 6.92 Å². The summed E-state index contributed by atoms with van der Waals surface area (Å²) in [7, 11) is -3.63. The first-order valence-electron chi connectivity index (χ1n) is 5.20. The first kappa shape index (κ1) is 14.2. The topological polar surface area (TPSA) is 71.4 Å². The predicted molar refractivity (Wildman–Crippen MR) is 78.9 cm³/mol. The van der Waals surface area contributed by atoms with E-state index in [9.17, 15) is 8.42 Å². The van der Waals surface area contributed by atoms with Crippen molar-refractivity contribution in [2.75, 3.05) is 0 Å². The van der Waals surface area contributed by atoms with Gasteiger partial charge in [-0.25, -0.2) is 9.82 Å². The Balaban J connectivity index is 2.09. The van der Waals surface area contributed by atoms with Gasteiger partial charge in [-0.3, -0.25) is 0 Å². The summed E-state index contributed by atoms with van der Waals surface area (Å²) in [5.74, 6) is 0. The molecule has 1 heterocycles. The van der Waals surface area contributed by atoms with Gasteiger partial charge in [0.25, 0.3) is 10.0 Å². The summed E-state index contributed by atoms with van der Waals surface area (Å²) < 4.78 is 24.6. The number of hydrogen-bond acceptors (Lipinski definition) is 5. The van der Waals surface area contributed by atoms with Crippen LogP contribution in [-0.2, 0) is 10.0 Å². The maximum atomic E-state index is 11.9. The van der Waals surface area contributed by atoms with Crippen molar-refractivity contribution in [1.82, 2.24) is 9.82 Å². The molecule has 0 amide bonds. The van der Waals surface area contributed by atoms with E-state index in [-0.39, 0.29) is 4.90 Å². The van der Waals surface area contributed by atoms with Crippen LogP contribution < -0.4 is 4.83 Å². The summed E-state index contributed by atoms with van der Waals surface area (Å²) >= 11 is 4.72. The largest absolute Gasteiger partial charge is 0.276 e. The molecule has 0 aliphatic carbocycles. The average Bonchev–Trinajstić information content (AvgIpc) is 2.75.